The molecule has 7 heteroatoms. The summed E-state index contributed by atoms with van der Waals surface area (Å²) in [5.74, 6) is 1.43. The van der Waals surface area contributed by atoms with Gasteiger partial charge in [-0.05, 0) is 23.8 Å². The normalized spacial score (nSPS) is 10.4. The van der Waals surface area contributed by atoms with Crippen molar-refractivity contribution in [2.24, 2.45) is 0 Å². The van der Waals surface area contributed by atoms with Gasteiger partial charge in [0.25, 0.3) is 0 Å². The van der Waals surface area contributed by atoms with Crippen molar-refractivity contribution in [3.63, 3.8) is 0 Å². The monoisotopic (exact) mass is 355 g/mol. The molecule has 0 saturated carbocycles. The molecule has 0 aliphatic carbocycles. The number of anilines is 1. The molecule has 0 unspecified atom stereocenters. The van der Waals surface area contributed by atoms with E-state index in [9.17, 15) is 4.79 Å². The van der Waals surface area contributed by atoms with Gasteiger partial charge in [0.15, 0.2) is 0 Å². The fourth-order valence-corrected chi connectivity index (χ4v) is 2.54. The van der Waals surface area contributed by atoms with Crippen LogP contribution in [-0.2, 0) is 11.2 Å². The van der Waals surface area contributed by atoms with Crippen molar-refractivity contribution >= 4 is 23.3 Å². The van der Waals surface area contributed by atoms with Gasteiger partial charge in [-0.15, -0.1) is 0 Å². The smallest absolute Gasteiger partial charge is 0.224 e. The van der Waals surface area contributed by atoms with Crippen molar-refractivity contribution in [1.82, 2.24) is 19.9 Å². The third kappa shape index (κ3) is 4.81. The highest BCUT2D eigenvalue weighted by Gasteiger charge is 2.06. The summed E-state index contributed by atoms with van der Waals surface area (Å²) in [4.78, 5) is 20.4. The van der Waals surface area contributed by atoms with Crippen LogP contribution >= 0.6 is 11.6 Å². The summed E-state index contributed by atoms with van der Waals surface area (Å²) in [7, 11) is 0. The van der Waals surface area contributed by atoms with Gasteiger partial charge < -0.3 is 15.2 Å². The predicted octanol–water partition coefficient (Wildman–Crippen LogP) is 2.69. The van der Waals surface area contributed by atoms with Crippen molar-refractivity contribution in [2.45, 2.75) is 6.42 Å². The van der Waals surface area contributed by atoms with E-state index in [-0.39, 0.29) is 12.3 Å². The molecule has 2 N–H and O–H groups in total. The topological polar surface area (TPSA) is 71.8 Å². The minimum atomic E-state index is -0.0642. The Morgan fingerprint density at radius 1 is 1.08 bits per heavy atom. The van der Waals surface area contributed by atoms with Crippen LogP contribution in [0.25, 0.3) is 5.82 Å². The molecule has 3 aromatic rings. The molecule has 0 radical (unpaired) electrons. The first-order chi connectivity index (χ1) is 12.2. The highest BCUT2D eigenvalue weighted by molar-refractivity contribution is 6.31. The molecule has 2 heterocycles. The van der Waals surface area contributed by atoms with E-state index in [0.717, 1.165) is 11.4 Å². The standard InChI is InChI=1S/C18H18ClN5O/c19-15-6-2-1-5-14(15)11-18(25)21-8-7-20-16-12-17(23-13-22-16)24-9-3-4-10-24/h1-6,9-10,12-13H,7-8,11H2,(H,21,25)(H,20,22,23). The number of nitrogens with one attached hydrogen (secondary N) is 2. The molecule has 1 aromatic carbocycles. The minimum absolute atomic E-state index is 0.0642. The Bertz CT molecular complexity index is 835. The highest BCUT2D eigenvalue weighted by Crippen LogP contribution is 2.15. The second-order valence-electron chi connectivity index (χ2n) is 5.40. The van der Waals surface area contributed by atoms with Crippen LogP contribution < -0.4 is 10.6 Å². The Balaban J connectivity index is 1.45. The molecule has 0 aliphatic heterocycles. The second-order valence-corrected chi connectivity index (χ2v) is 5.80. The number of carbonyl (C=O) groups excluding carboxylic acids is 1. The minimum Gasteiger partial charge on any atom is -0.368 e. The van der Waals surface area contributed by atoms with Crippen molar-refractivity contribution in [1.29, 1.82) is 0 Å². The van der Waals surface area contributed by atoms with Crippen LogP contribution in [0.5, 0.6) is 0 Å². The summed E-state index contributed by atoms with van der Waals surface area (Å²) in [5, 5.41) is 6.64. The Morgan fingerprint density at radius 3 is 2.68 bits per heavy atom. The van der Waals surface area contributed by atoms with Crippen LogP contribution in [0.15, 0.2) is 61.2 Å². The Kier molecular flexibility index (Phi) is 5.64. The molecular formula is C18H18ClN5O. The average molecular weight is 356 g/mol. The third-order valence-electron chi connectivity index (χ3n) is 3.58. The van der Waals surface area contributed by atoms with Crippen LogP contribution in [-0.4, -0.2) is 33.5 Å². The van der Waals surface area contributed by atoms with E-state index in [1.54, 1.807) is 6.07 Å². The summed E-state index contributed by atoms with van der Waals surface area (Å²) >= 11 is 6.06. The lowest BCUT2D eigenvalue weighted by Crippen LogP contribution is -2.30. The number of nitrogens with zero attached hydrogens (tertiary/aromatic N) is 3. The number of hydrogen-bond donors (Lipinski definition) is 2. The number of aromatic nitrogens is 3. The maximum atomic E-state index is 12.0. The molecule has 1 amide bonds. The molecule has 0 fully saturated rings. The quantitative estimate of drug-likeness (QED) is 0.639. The van der Waals surface area contributed by atoms with E-state index < -0.39 is 0 Å². The molecule has 6 nitrogen and oxygen atoms in total. The van der Waals surface area contributed by atoms with E-state index in [1.165, 1.54) is 6.33 Å². The maximum absolute atomic E-state index is 12.0. The van der Waals surface area contributed by atoms with Gasteiger partial charge in [-0.2, -0.15) is 0 Å². The predicted molar refractivity (Wildman–Crippen MR) is 98.0 cm³/mol. The molecule has 0 bridgehead atoms. The molecule has 3 rings (SSSR count). The van der Waals surface area contributed by atoms with Gasteiger partial charge in [-0.1, -0.05) is 29.8 Å². The van der Waals surface area contributed by atoms with Gasteiger partial charge in [-0.25, -0.2) is 9.97 Å². The van der Waals surface area contributed by atoms with E-state index >= 15 is 0 Å². The first-order valence-corrected chi connectivity index (χ1v) is 8.29. The van der Waals surface area contributed by atoms with Crippen molar-refractivity contribution in [3.05, 3.63) is 71.8 Å². The van der Waals surface area contributed by atoms with Crippen molar-refractivity contribution in [2.75, 3.05) is 18.4 Å². The number of carbonyl (C=O) groups is 1. The van der Waals surface area contributed by atoms with Crippen LogP contribution in [0, 0.1) is 0 Å². The Morgan fingerprint density at radius 2 is 1.88 bits per heavy atom. The second kappa shape index (κ2) is 8.30. The summed E-state index contributed by atoms with van der Waals surface area (Å²) in [5.41, 5.74) is 0.821. The lowest BCUT2D eigenvalue weighted by atomic mass is 10.1. The third-order valence-corrected chi connectivity index (χ3v) is 3.95. The lowest BCUT2D eigenvalue weighted by molar-refractivity contribution is -0.120. The zero-order valence-electron chi connectivity index (χ0n) is 13.5. The van der Waals surface area contributed by atoms with Crippen molar-refractivity contribution < 1.29 is 4.79 Å². The molecular weight excluding hydrogens is 338 g/mol. The summed E-state index contributed by atoms with van der Waals surface area (Å²) < 4.78 is 1.90. The number of amides is 1. The molecule has 25 heavy (non-hydrogen) atoms. The first kappa shape index (κ1) is 17.0. The van der Waals surface area contributed by atoms with Crippen molar-refractivity contribution in [3.8, 4) is 5.82 Å². The van der Waals surface area contributed by atoms with E-state index in [0.29, 0.717) is 23.9 Å². The van der Waals surface area contributed by atoms with Crippen LogP contribution in [0.2, 0.25) is 5.02 Å². The van der Waals surface area contributed by atoms with Crippen LogP contribution in [0.4, 0.5) is 5.82 Å². The zero-order valence-corrected chi connectivity index (χ0v) is 14.3. The Labute approximate surface area is 150 Å². The molecule has 0 saturated heterocycles. The van der Waals surface area contributed by atoms with Gasteiger partial charge >= 0.3 is 0 Å². The highest BCUT2D eigenvalue weighted by atomic mass is 35.5. The van der Waals surface area contributed by atoms with E-state index in [4.69, 9.17) is 11.6 Å². The number of benzene rings is 1. The molecule has 128 valence electrons. The first-order valence-electron chi connectivity index (χ1n) is 7.92. The summed E-state index contributed by atoms with van der Waals surface area (Å²) in [6.45, 7) is 1.06. The van der Waals surface area contributed by atoms with Crippen LogP contribution in [0.3, 0.4) is 0 Å². The molecule has 0 aliphatic rings. The molecule has 0 atom stereocenters. The molecule has 0 spiro atoms. The fourth-order valence-electron chi connectivity index (χ4n) is 2.34. The van der Waals surface area contributed by atoms with Gasteiger partial charge in [0.1, 0.15) is 18.0 Å². The number of rotatable bonds is 7. The number of hydrogen-bond acceptors (Lipinski definition) is 4. The van der Waals surface area contributed by atoms with Gasteiger partial charge in [0, 0.05) is 36.6 Å². The Hall–Kier alpha value is -2.86. The number of halogens is 1. The maximum Gasteiger partial charge on any atom is 0.224 e. The van der Waals surface area contributed by atoms with Gasteiger partial charge in [0.2, 0.25) is 5.91 Å². The summed E-state index contributed by atoms with van der Waals surface area (Å²) in [6, 6.07) is 13.1. The van der Waals surface area contributed by atoms with E-state index in [1.807, 2.05) is 53.4 Å². The zero-order chi connectivity index (χ0) is 17.5. The van der Waals surface area contributed by atoms with Gasteiger partial charge in [-0.3, -0.25) is 4.79 Å². The SMILES string of the molecule is O=C(Cc1ccccc1Cl)NCCNc1cc(-n2cccc2)ncn1. The van der Waals surface area contributed by atoms with Gasteiger partial charge in [0.05, 0.1) is 6.42 Å². The molecule has 2 aromatic heterocycles. The largest absolute Gasteiger partial charge is 0.368 e. The van der Waals surface area contributed by atoms with E-state index in [2.05, 4.69) is 20.6 Å². The average Bonchev–Trinajstić information content (AvgIpc) is 3.16. The fraction of sp³-hybridized carbons (Fsp3) is 0.167. The summed E-state index contributed by atoms with van der Waals surface area (Å²) in [6.07, 6.45) is 5.61. The lowest BCUT2D eigenvalue weighted by Gasteiger charge is -2.09. The van der Waals surface area contributed by atoms with Crippen LogP contribution in [0.1, 0.15) is 5.56 Å².